The molecule has 0 spiro atoms. The van der Waals surface area contributed by atoms with Crippen molar-refractivity contribution >= 4 is 40.8 Å². The average molecular weight is 262 g/mol. The molecule has 0 atom stereocenters. The topological polar surface area (TPSA) is 26.3 Å². The highest BCUT2D eigenvalue weighted by atomic mass is 35.5. The van der Waals surface area contributed by atoms with Crippen LogP contribution < -0.4 is 0 Å². The Morgan fingerprint density at radius 1 is 1.21 bits per heavy atom. The van der Waals surface area contributed by atoms with E-state index in [1.807, 2.05) is 6.92 Å². The van der Waals surface area contributed by atoms with Gasteiger partial charge in [0.25, 0.3) is 0 Å². The summed E-state index contributed by atoms with van der Waals surface area (Å²) in [6.45, 7) is 2.11. The molecule has 0 aliphatic carbocycles. The number of halogens is 3. The SMILES string of the molecule is CCCC(=O)OCC(CCl)(CCl)CCl. The third-order valence-corrected chi connectivity index (χ3v) is 3.54. The van der Waals surface area contributed by atoms with Gasteiger partial charge in [-0.1, -0.05) is 6.92 Å². The highest BCUT2D eigenvalue weighted by molar-refractivity contribution is 6.24. The van der Waals surface area contributed by atoms with Gasteiger partial charge in [0.2, 0.25) is 0 Å². The quantitative estimate of drug-likeness (QED) is 0.520. The molecule has 0 N–H and O–H groups in total. The second kappa shape index (κ2) is 7.61. The molecule has 0 radical (unpaired) electrons. The van der Waals surface area contributed by atoms with Crippen LogP contribution in [0.2, 0.25) is 0 Å². The van der Waals surface area contributed by atoms with Crippen LogP contribution in [0.1, 0.15) is 19.8 Å². The third-order valence-electron chi connectivity index (χ3n) is 1.84. The predicted octanol–water partition coefficient (Wildman–Crippen LogP) is 3.03. The van der Waals surface area contributed by atoms with E-state index in [0.29, 0.717) is 24.1 Å². The molecule has 0 aromatic carbocycles. The van der Waals surface area contributed by atoms with Crippen LogP contribution in [0.15, 0.2) is 0 Å². The monoisotopic (exact) mass is 260 g/mol. The Morgan fingerprint density at radius 3 is 2.07 bits per heavy atom. The maximum atomic E-state index is 11.1. The van der Waals surface area contributed by atoms with Gasteiger partial charge >= 0.3 is 5.97 Å². The highest BCUT2D eigenvalue weighted by Crippen LogP contribution is 2.23. The molecule has 0 aromatic heterocycles. The van der Waals surface area contributed by atoms with Crippen molar-refractivity contribution < 1.29 is 9.53 Å². The highest BCUT2D eigenvalue weighted by Gasteiger charge is 2.29. The molecule has 14 heavy (non-hydrogen) atoms. The summed E-state index contributed by atoms with van der Waals surface area (Å²) in [7, 11) is 0. The first-order valence-corrected chi connectivity index (χ1v) is 6.08. The number of alkyl halides is 3. The molecule has 0 saturated carbocycles. The maximum Gasteiger partial charge on any atom is 0.305 e. The third kappa shape index (κ3) is 4.72. The van der Waals surface area contributed by atoms with Gasteiger partial charge in [-0.15, -0.1) is 34.8 Å². The Morgan fingerprint density at radius 2 is 1.71 bits per heavy atom. The van der Waals surface area contributed by atoms with Crippen LogP contribution >= 0.6 is 34.8 Å². The van der Waals surface area contributed by atoms with Gasteiger partial charge in [-0.05, 0) is 6.42 Å². The molecule has 0 aromatic rings. The van der Waals surface area contributed by atoms with Crippen LogP contribution in [0.3, 0.4) is 0 Å². The second-order valence-electron chi connectivity index (χ2n) is 3.31. The van der Waals surface area contributed by atoms with Crippen molar-refractivity contribution in [2.24, 2.45) is 5.41 Å². The summed E-state index contributed by atoms with van der Waals surface area (Å²) in [4.78, 5) is 11.1. The van der Waals surface area contributed by atoms with E-state index >= 15 is 0 Å². The minimum absolute atomic E-state index is 0.197. The lowest BCUT2D eigenvalue weighted by atomic mass is 9.97. The Hall–Kier alpha value is 0.340. The molecular formula is C9H15Cl3O2. The Balaban J connectivity index is 3.99. The first-order chi connectivity index (χ1) is 6.64. The first-order valence-electron chi connectivity index (χ1n) is 4.47. The second-order valence-corrected chi connectivity index (χ2v) is 4.11. The standard InChI is InChI=1S/C9H15Cl3O2/c1-2-3-8(13)14-7-9(4-10,5-11)6-12/h2-7H2,1H3. The van der Waals surface area contributed by atoms with Crippen LogP contribution in [0, 0.1) is 5.41 Å². The number of hydrogen-bond donors (Lipinski definition) is 0. The number of hydrogen-bond acceptors (Lipinski definition) is 2. The van der Waals surface area contributed by atoms with E-state index in [1.165, 1.54) is 0 Å². The van der Waals surface area contributed by atoms with Crippen LogP contribution in [0.4, 0.5) is 0 Å². The molecule has 0 aliphatic heterocycles. The number of ether oxygens (including phenoxy) is 1. The Kier molecular flexibility index (Phi) is 7.79. The zero-order valence-electron chi connectivity index (χ0n) is 8.19. The molecule has 84 valence electrons. The molecule has 0 unspecified atom stereocenters. The summed E-state index contributed by atoms with van der Waals surface area (Å²) < 4.78 is 5.03. The van der Waals surface area contributed by atoms with Crippen LogP contribution in [-0.4, -0.2) is 30.2 Å². The van der Waals surface area contributed by atoms with E-state index in [9.17, 15) is 4.79 Å². The van der Waals surface area contributed by atoms with Gasteiger partial charge in [0, 0.05) is 29.5 Å². The molecular weight excluding hydrogens is 246 g/mol. The summed E-state index contributed by atoms with van der Waals surface area (Å²) in [6, 6.07) is 0. The molecule has 5 heteroatoms. The van der Waals surface area contributed by atoms with Gasteiger partial charge in [0.15, 0.2) is 0 Å². The van der Waals surface area contributed by atoms with E-state index in [-0.39, 0.29) is 12.6 Å². The summed E-state index contributed by atoms with van der Waals surface area (Å²) in [5, 5.41) is 0. The van der Waals surface area contributed by atoms with E-state index in [1.54, 1.807) is 0 Å². The lowest BCUT2D eigenvalue weighted by Crippen LogP contribution is -2.34. The summed E-state index contributed by atoms with van der Waals surface area (Å²) in [6.07, 6.45) is 1.19. The number of esters is 1. The van der Waals surface area contributed by atoms with Crippen LogP contribution in [-0.2, 0) is 9.53 Å². The molecule has 0 saturated heterocycles. The van der Waals surface area contributed by atoms with Gasteiger partial charge in [0.05, 0.1) is 0 Å². The smallest absolute Gasteiger partial charge is 0.305 e. The van der Waals surface area contributed by atoms with Crippen LogP contribution in [0.5, 0.6) is 0 Å². The molecule has 0 amide bonds. The van der Waals surface area contributed by atoms with Gasteiger partial charge in [-0.2, -0.15) is 0 Å². The fourth-order valence-electron chi connectivity index (χ4n) is 0.733. The normalized spacial score (nSPS) is 11.4. The maximum absolute atomic E-state index is 11.1. The number of carbonyl (C=O) groups is 1. The molecule has 0 rings (SSSR count). The minimum atomic E-state index is -0.492. The van der Waals surface area contributed by atoms with Gasteiger partial charge in [0.1, 0.15) is 6.61 Å². The molecule has 0 bridgehead atoms. The van der Waals surface area contributed by atoms with Crippen LogP contribution in [0.25, 0.3) is 0 Å². The van der Waals surface area contributed by atoms with E-state index in [4.69, 9.17) is 39.5 Å². The van der Waals surface area contributed by atoms with Crippen molar-refractivity contribution in [3.63, 3.8) is 0 Å². The Bertz CT molecular complexity index is 161. The van der Waals surface area contributed by atoms with E-state index in [0.717, 1.165) is 6.42 Å². The molecule has 0 heterocycles. The van der Waals surface area contributed by atoms with Gasteiger partial charge in [-0.25, -0.2) is 0 Å². The van der Waals surface area contributed by atoms with Crippen molar-refractivity contribution in [3.05, 3.63) is 0 Å². The Labute approximate surface area is 99.8 Å². The lowest BCUT2D eigenvalue weighted by molar-refractivity contribution is -0.146. The van der Waals surface area contributed by atoms with Gasteiger partial charge in [-0.3, -0.25) is 4.79 Å². The zero-order valence-corrected chi connectivity index (χ0v) is 10.5. The minimum Gasteiger partial charge on any atom is -0.465 e. The zero-order chi connectivity index (χ0) is 11.0. The fraction of sp³-hybridized carbons (Fsp3) is 0.889. The first kappa shape index (κ1) is 14.3. The van der Waals surface area contributed by atoms with Gasteiger partial charge < -0.3 is 4.74 Å². The molecule has 0 fully saturated rings. The molecule has 2 nitrogen and oxygen atoms in total. The predicted molar refractivity (Wildman–Crippen MR) is 60.5 cm³/mol. The summed E-state index contributed by atoms with van der Waals surface area (Å²) >= 11 is 17.2. The number of rotatable bonds is 7. The number of carbonyl (C=O) groups excluding carboxylic acids is 1. The fourth-order valence-corrected chi connectivity index (χ4v) is 1.82. The largest absolute Gasteiger partial charge is 0.465 e. The average Bonchev–Trinajstić information content (AvgIpc) is 2.21. The summed E-state index contributed by atoms with van der Waals surface area (Å²) in [5.74, 6) is 0.648. The van der Waals surface area contributed by atoms with Crippen molar-refractivity contribution in [2.75, 3.05) is 24.2 Å². The summed E-state index contributed by atoms with van der Waals surface area (Å²) in [5.41, 5.74) is -0.492. The van der Waals surface area contributed by atoms with Crippen molar-refractivity contribution in [2.45, 2.75) is 19.8 Å². The van der Waals surface area contributed by atoms with E-state index < -0.39 is 5.41 Å². The molecule has 0 aliphatic rings. The lowest BCUT2D eigenvalue weighted by Gasteiger charge is -2.25. The van der Waals surface area contributed by atoms with Crippen molar-refractivity contribution in [1.82, 2.24) is 0 Å². The van der Waals surface area contributed by atoms with Crippen molar-refractivity contribution in [3.8, 4) is 0 Å². The van der Waals surface area contributed by atoms with E-state index in [2.05, 4.69) is 0 Å². The van der Waals surface area contributed by atoms with Crippen molar-refractivity contribution in [1.29, 1.82) is 0 Å².